The van der Waals surface area contributed by atoms with Crippen LogP contribution in [0.2, 0.25) is 0 Å². The third-order valence-electron chi connectivity index (χ3n) is 5.90. The molecule has 0 bridgehead atoms. The number of rotatable bonds is 5. The Kier molecular flexibility index (Phi) is 8.59. The fraction of sp³-hybridized carbons (Fsp3) is 0.138. The van der Waals surface area contributed by atoms with Gasteiger partial charge in [0.05, 0.1) is 11.3 Å². The topological polar surface area (TPSA) is 95.2 Å². The maximum atomic E-state index is 8.49. The maximum Gasteiger partial charge on any atom is 0.243 e. The molecule has 0 aliphatic carbocycles. The van der Waals surface area contributed by atoms with Gasteiger partial charge in [0, 0.05) is 0 Å². The lowest BCUT2D eigenvalue weighted by Crippen LogP contribution is -2.68. The van der Waals surface area contributed by atoms with Crippen LogP contribution < -0.4 is 18.6 Å². The highest BCUT2D eigenvalue weighted by Gasteiger charge is 2.29. The number of halogens is 1. The Labute approximate surface area is 217 Å². The molecule has 5 rings (SSSR count). The second-order valence-electron chi connectivity index (χ2n) is 8.16. The standard InChI is InChI=1S/C29H26NS.ClHO4/c1-2-30-18-19-31-29(30)28-26(23-14-8-4-9-15-23)20-25(22-12-6-3-7-13-22)21-27(28)24-16-10-5-11-17-24;2-1(3,4)5/h3-17,20-21H,2,18-19H2,1H3;(H,2,3,4,5)/q+1;/p-1. The minimum Gasteiger partial charge on any atom is -0.223 e. The van der Waals surface area contributed by atoms with Gasteiger partial charge in [0.1, 0.15) is 6.54 Å². The molecule has 7 heteroatoms. The molecule has 0 saturated carbocycles. The summed E-state index contributed by atoms with van der Waals surface area (Å²) < 4.78 is 36.5. The first kappa shape index (κ1) is 26.1. The Balaban J connectivity index is 0.000000556. The van der Waals surface area contributed by atoms with Gasteiger partial charge in [-0.05, 0) is 52.4 Å². The van der Waals surface area contributed by atoms with Crippen LogP contribution in [0, 0.1) is 10.2 Å². The van der Waals surface area contributed by atoms with Crippen LogP contribution in [0.1, 0.15) is 12.5 Å². The highest BCUT2D eigenvalue weighted by Crippen LogP contribution is 2.40. The van der Waals surface area contributed by atoms with E-state index in [0.29, 0.717) is 0 Å². The van der Waals surface area contributed by atoms with Gasteiger partial charge < -0.3 is 0 Å². The number of thioether (sulfide) groups is 1. The molecule has 0 fully saturated rings. The summed E-state index contributed by atoms with van der Waals surface area (Å²) in [4.78, 5) is 0. The Morgan fingerprint density at radius 1 is 0.667 bits per heavy atom. The fourth-order valence-corrected chi connectivity index (χ4v) is 5.61. The zero-order chi connectivity index (χ0) is 25.5. The highest BCUT2D eigenvalue weighted by molar-refractivity contribution is 8.14. The molecule has 0 atom stereocenters. The summed E-state index contributed by atoms with van der Waals surface area (Å²) in [6.45, 7) is 4.40. The molecule has 5 nitrogen and oxygen atoms in total. The Morgan fingerprint density at radius 3 is 1.50 bits per heavy atom. The minimum absolute atomic E-state index is 1.03. The van der Waals surface area contributed by atoms with Crippen molar-refractivity contribution < 1.29 is 33.5 Å². The number of nitrogens with zero attached hydrogens (tertiary/aromatic N) is 1. The minimum atomic E-state index is -4.94. The van der Waals surface area contributed by atoms with Crippen LogP contribution in [-0.2, 0) is 0 Å². The van der Waals surface area contributed by atoms with Gasteiger partial charge >= 0.3 is 0 Å². The van der Waals surface area contributed by atoms with E-state index in [-0.39, 0.29) is 0 Å². The molecule has 4 aromatic carbocycles. The normalized spacial score (nSPS) is 13.4. The van der Waals surface area contributed by atoms with Crippen LogP contribution >= 0.6 is 11.8 Å². The molecule has 0 saturated heterocycles. The van der Waals surface area contributed by atoms with Gasteiger partial charge in [0.25, 0.3) is 0 Å². The van der Waals surface area contributed by atoms with E-state index in [2.05, 4.69) is 115 Å². The predicted molar refractivity (Wildman–Crippen MR) is 135 cm³/mol. The van der Waals surface area contributed by atoms with Crippen LogP contribution in [0.25, 0.3) is 33.4 Å². The summed E-state index contributed by atoms with van der Waals surface area (Å²) in [7, 11) is -4.94. The number of hydrogen-bond acceptors (Lipinski definition) is 5. The molecule has 0 radical (unpaired) electrons. The Bertz CT molecular complexity index is 1260. The Morgan fingerprint density at radius 2 is 1.08 bits per heavy atom. The van der Waals surface area contributed by atoms with Gasteiger partial charge in [0.2, 0.25) is 5.04 Å². The summed E-state index contributed by atoms with van der Waals surface area (Å²) in [5, 5.41) is 1.40. The third-order valence-corrected chi connectivity index (χ3v) is 7.02. The molecule has 0 spiro atoms. The van der Waals surface area contributed by atoms with Gasteiger partial charge in [-0.15, -0.1) is 10.2 Å². The van der Waals surface area contributed by atoms with Crippen molar-refractivity contribution in [2.75, 3.05) is 18.8 Å². The van der Waals surface area contributed by atoms with Gasteiger partial charge in [-0.1, -0.05) is 103 Å². The van der Waals surface area contributed by atoms with Crippen LogP contribution in [0.3, 0.4) is 0 Å². The molecule has 36 heavy (non-hydrogen) atoms. The Hall–Kier alpha value is -2.97. The highest BCUT2D eigenvalue weighted by atomic mass is 35.7. The van der Waals surface area contributed by atoms with E-state index in [0.717, 1.165) is 18.8 Å². The van der Waals surface area contributed by atoms with Gasteiger partial charge in [-0.2, -0.15) is 0 Å². The lowest BCUT2D eigenvalue weighted by molar-refractivity contribution is -2.00. The maximum absolute atomic E-state index is 8.49. The SMILES string of the molecule is CC[N+]1=C(c2c(-c3ccccc3)cc(-c3ccccc3)cc2-c2ccccc2)SCC1.[O-][Cl+3]([O-])([O-])[O-]. The van der Waals surface area contributed by atoms with Gasteiger partial charge in [-0.25, -0.2) is 23.2 Å². The summed E-state index contributed by atoms with van der Waals surface area (Å²) in [5.41, 5.74) is 9.02. The number of hydrogen-bond donors (Lipinski definition) is 0. The van der Waals surface area contributed by atoms with Crippen molar-refractivity contribution in [3.8, 4) is 33.4 Å². The molecule has 1 aliphatic heterocycles. The molecule has 0 unspecified atom stereocenters. The zero-order valence-corrected chi connectivity index (χ0v) is 21.4. The largest absolute Gasteiger partial charge is 0.243 e. The van der Waals surface area contributed by atoms with E-state index >= 15 is 0 Å². The molecule has 0 aromatic heterocycles. The monoisotopic (exact) mass is 519 g/mol. The van der Waals surface area contributed by atoms with Crippen LogP contribution in [0.5, 0.6) is 0 Å². The summed E-state index contributed by atoms with van der Waals surface area (Å²) in [6.07, 6.45) is 0. The first-order chi connectivity index (χ1) is 17.3. The molecule has 1 aliphatic rings. The van der Waals surface area contributed by atoms with Gasteiger partial charge in [0.15, 0.2) is 6.54 Å². The zero-order valence-electron chi connectivity index (χ0n) is 19.8. The van der Waals surface area contributed by atoms with E-state index < -0.39 is 10.2 Å². The number of benzene rings is 4. The summed E-state index contributed by atoms with van der Waals surface area (Å²) >= 11 is 1.99. The van der Waals surface area contributed by atoms with E-state index in [9.17, 15) is 0 Å². The van der Waals surface area contributed by atoms with E-state index in [4.69, 9.17) is 18.6 Å². The van der Waals surface area contributed by atoms with Gasteiger partial charge in [-0.3, -0.25) is 0 Å². The van der Waals surface area contributed by atoms with E-state index in [1.54, 1.807) is 0 Å². The molecular weight excluding hydrogens is 494 g/mol. The van der Waals surface area contributed by atoms with Crippen molar-refractivity contribution in [3.05, 3.63) is 109 Å². The first-order valence-electron chi connectivity index (χ1n) is 11.6. The smallest absolute Gasteiger partial charge is 0.223 e. The lowest BCUT2D eigenvalue weighted by atomic mass is 9.88. The van der Waals surface area contributed by atoms with Crippen molar-refractivity contribution in [1.29, 1.82) is 0 Å². The van der Waals surface area contributed by atoms with Crippen LogP contribution in [0.4, 0.5) is 0 Å². The molecule has 184 valence electrons. The molecule has 0 amide bonds. The summed E-state index contributed by atoms with van der Waals surface area (Å²) in [5.74, 6) is 1.14. The van der Waals surface area contributed by atoms with E-state index in [1.807, 2.05) is 11.8 Å². The quantitative estimate of drug-likeness (QED) is 0.377. The van der Waals surface area contributed by atoms with Crippen molar-refractivity contribution in [1.82, 2.24) is 0 Å². The average Bonchev–Trinajstić information content (AvgIpc) is 3.37. The van der Waals surface area contributed by atoms with E-state index in [1.165, 1.54) is 44.0 Å². The summed E-state index contributed by atoms with van der Waals surface area (Å²) in [6, 6.07) is 37.2. The fourth-order valence-electron chi connectivity index (χ4n) is 4.34. The first-order valence-corrected chi connectivity index (χ1v) is 13.8. The average molecular weight is 520 g/mol. The van der Waals surface area contributed by atoms with Crippen molar-refractivity contribution >= 4 is 16.8 Å². The molecule has 0 N–H and O–H groups in total. The molecule has 4 aromatic rings. The molecular formula is C29H26ClNO4S. The van der Waals surface area contributed by atoms with Crippen LogP contribution in [0.15, 0.2) is 103 Å². The molecule has 1 heterocycles. The van der Waals surface area contributed by atoms with Crippen molar-refractivity contribution in [3.63, 3.8) is 0 Å². The van der Waals surface area contributed by atoms with Crippen molar-refractivity contribution in [2.45, 2.75) is 6.92 Å². The predicted octanol–water partition coefficient (Wildman–Crippen LogP) is 2.46. The lowest BCUT2D eigenvalue weighted by Gasteiger charge is -2.17. The second-order valence-corrected chi connectivity index (χ2v) is 10.00. The van der Waals surface area contributed by atoms with Crippen molar-refractivity contribution in [2.24, 2.45) is 0 Å². The van der Waals surface area contributed by atoms with Crippen LogP contribution in [-0.4, -0.2) is 28.5 Å². The third kappa shape index (κ3) is 6.62. The second kappa shape index (κ2) is 11.8.